The molecular weight excluding hydrogens is 239 g/mol. The maximum Gasteiger partial charge on any atom is 0.123 e. The Morgan fingerprint density at radius 1 is 1.11 bits per heavy atom. The number of nitrogens with one attached hydrogen (secondary N) is 1. The van der Waals surface area contributed by atoms with Crippen molar-refractivity contribution in [3.05, 3.63) is 59.4 Å². The number of para-hydroxylation sites is 1. The van der Waals surface area contributed by atoms with Crippen molar-refractivity contribution in [2.45, 2.75) is 19.8 Å². The summed E-state index contributed by atoms with van der Waals surface area (Å²) in [4.78, 5) is 0. The van der Waals surface area contributed by atoms with Gasteiger partial charge in [-0.2, -0.15) is 0 Å². The van der Waals surface area contributed by atoms with Crippen molar-refractivity contribution in [1.29, 1.82) is 0 Å². The first kappa shape index (κ1) is 13.4. The highest BCUT2D eigenvalue weighted by Gasteiger charge is 2.07. The second-order valence-corrected chi connectivity index (χ2v) is 4.60. The Labute approximate surface area is 113 Å². The molecule has 0 spiro atoms. The van der Waals surface area contributed by atoms with Crippen LogP contribution in [0.4, 0.5) is 15.8 Å². The number of hydrogen-bond acceptors (Lipinski definition) is 2. The maximum absolute atomic E-state index is 13.4. The zero-order valence-corrected chi connectivity index (χ0v) is 11.1. The molecule has 2 aromatic carbocycles. The van der Waals surface area contributed by atoms with Crippen molar-refractivity contribution in [1.82, 2.24) is 0 Å². The number of halogens is 1. The summed E-state index contributed by atoms with van der Waals surface area (Å²) in [5.74, 6) is -0.216. The van der Waals surface area contributed by atoms with Crippen LogP contribution in [0.25, 0.3) is 0 Å². The van der Waals surface area contributed by atoms with E-state index >= 15 is 0 Å². The summed E-state index contributed by atoms with van der Waals surface area (Å²) < 4.78 is 13.4. The number of nitrogens with two attached hydrogens (primary N) is 1. The third kappa shape index (κ3) is 3.47. The third-order valence-corrected chi connectivity index (χ3v) is 3.07. The van der Waals surface area contributed by atoms with Crippen LogP contribution in [0.15, 0.2) is 42.5 Å². The highest BCUT2D eigenvalue weighted by Crippen LogP contribution is 2.23. The van der Waals surface area contributed by atoms with Crippen molar-refractivity contribution in [3.63, 3.8) is 0 Å². The van der Waals surface area contributed by atoms with Gasteiger partial charge in [0.05, 0.1) is 0 Å². The predicted molar refractivity (Wildman–Crippen MR) is 78.8 cm³/mol. The molecular formula is C16H19FN2. The molecule has 3 N–H and O–H groups in total. The molecule has 0 heterocycles. The number of hydrogen-bond donors (Lipinski definition) is 2. The Morgan fingerprint density at radius 3 is 2.63 bits per heavy atom. The smallest absolute Gasteiger partial charge is 0.123 e. The van der Waals surface area contributed by atoms with Crippen molar-refractivity contribution < 1.29 is 4.39 Å². The molecule has 0 bridgehead atoms. The van der Waals surface area contributed by atoms with Crippen LogP contribution in [-0.2, 0) is 6.42 Å². The summed E-state index contributed by atoms with van der Waals surface area (Å²) >= 11 is 0. The van der Waals surface area contributed by atoms with Crippen LogP contribution in [0.5, 0.6) is 0 Å². The Hall–Kier alpha value is -2.03. The van der Waals surface area contributed by atoms with Gasteiger partial charge in [-0.15, -0.1) is 0 Å². The first-order chi connectivity index (χ1) is 9.20. The molecule has 0 aromatic heterocycles. The predicted octanol–water partition coefficient (Wildman–Crippen LogP) is 3.82. The molecule has 0 saturated carbocycles. The standard InChI is InChI=1S/C16H19FN2/c1-2-9-19-16-8-7-14(17)11-13(16)10-12-5-3-4-6-15(12)18/h3-8,11,19H,2,9-10,18H2,1H3. The number of rotatable bonds is 5. The van der Waals surface area contributed by atoms with Gasteiger partial charge in [0.2, 0.25) is 0 Å². The monoisotopic (exact) mass is 258 g/mol. The summed E-state index contributed by atoms with van der Waals surface area (Å²) in [6, 6.07) is 12.5. The van der Waals surface area contributed by atoms with Crippen LogP contribution in [0.2, 0.25) is 0 Å². The quantitative estimate of drug-likeness (QED) is 0.800. The normalized spacial score (nSPS) is 10.4. The highest BCUT2D eigenvalue weighted by atomic mass is 19.1. The number of anilines is 2. The van der Waals surface area contributed by atoms with E-state index in [4.69, 9.17) is 5.73 Å². The molecule has 2 rings (SSSR count). The van der Waals surface area contributed by atoms with E-state index in [1.165, 1.54) is 6.07 Å². The first-order valence-electron chi connectivity index (χ1n) is 6.56. The minimum Gasteiger partial charge on any atom is -0.398 e. The summed E-state index contributed by atoms with van der Waals surface area (Å²) in [5, 5.41) is 3.32. The molecule has 0 atom stereocenters. The van der Waals surface area contributed by atoms with Crippen LogP contribution in [0.3, 0.4) is 0 Å². The van der Waals surface area contributed by atoms with Crippen molar-refractivity contribution >= 4 is 11.4 Å². The van der Waals surface area contributed by atoms with E-state index in [0.717, 1.165) is 35.5 Å². The molecule has 0 aliphatic carbocycles. The second kappa shape index (κ2) is 6.23. The fraction of sp³-hybridized carbons (Fsp3) is 0.250. The van der Waals surface area contributed by atoms with Gasteiger partial charge in [0, 0.05) is 24.3 Å². The highest BCUT2D eigenvalue weighted by molar-refractivity contribution is 5.56. The van der Waals surface area contributed by atoms with Gasteiger partial charge in [0.1, 0.15) is 5.82 Å². The van der Waals surface area contributed by atoms with Crippen LogP contribution in [0.1, 0.15) is 24.5 Å². The van der Waals surface area contributed by atoms with Crippen molar-refractivity contribution in [2.24, 2.45) is 0 Å². The molecule has 0 aliphatic heterocycles. The van der Waals surface area contributed by atoms with Crippen LogP contribution in [-0.4, -0.2) is 6.54 Å². The van der Waals surface area contributed by atoms with Crippen molar-refractivity contribution in [2.75, 3.05) is 17.6 Å². The lowest BCUT2D eigenvalue weighted by Crippen LogP contribution is -2.05. The number of benzene rings is 2. The molecule has 0 unspecified atom stereocenters. The molecule has 0 saturated heterocycles. The Kier molecular flexibility index (Phi) is 4.39. The van der Waals surface area contributed by atoms with Gasteiger partial charge in [0.15, 0.2) is 0 Å². The third-order valence-electron chi connectivity index (χ3n) is 3.07. The largest absolute Gasteiger partial charge is 0.398 e. The van der Waals surface area contributed by atoms with Crippen molar-refractivity contribution in [3.8, 4) is 0 Å². The molecule has 19 heavy (non-hydrogen) atoms. The average Bonchev–Trinajstić information content (AvgIpc) is 2.40. The molecule has 100 valence electrons. The van der Waals surface area contributed by atoms with Gasteiger partial charge in [-0.05, 0) is 41.8 Å². The Bertz CT molecular complexity index is 552. The molecule has 0 aliphatic rings. The van der Waals surface area contributed by atoms with E-state index < -0.39 is 0 Å². The SMILES string of the molecule is CCCNc1ccc(F)cc1Cc1ccccc1N. The fourth-order valence-corrected chi connectivity index (χ4v) is 2.04. The first-order valence-corrected chi connectivity index (χ1v) is 6.56. The van der Waals surface area contributed by atoms with Gasteiger partial charge >= 0.3 is 0 Å². The zero-order chi connectivity index (χ0) is 13.7. The second-order valence-electron chi connectivity index (χ2n) is 4.60. The summed E-state index contributed by atoms with van der Waals surface area (Å²) in [6.45, 7) is 2.98. The fourth-order valence-electron chi connectivity index (χ4n) is 2.04. The van der Waals surface area contributed by atoms with Gasteiger partial charge in [-0.1, -0.05) is 25.1 Å². The van der Waals surface area contributed by atoms with E-state index in [2.05, 4.69) is 12.2 Å². The summed E-state index contributed by atoms with van der Waals surface area (Å²) in [7, 11) is 0. The zero-order valence-electron chi connectivity index (χ0n) is 11.1. The Morgan fingerprint density at radius 2 is 1.89 bits per heavy atom. The van der Waals surface area contributed by atoms with Gasteiger partial charge < -0.3 is 11.1 Å². The molecule has 3 heteroatoms. The maximum atomic E-state index is 13.4. The van der Waals surface area contributed by atoms with E-state index in [-0.39, 0.29) is 5.82 Å². The van der Waals surface area contributed by atoms with Gasteiger partial charge in [-0.25, -0.2) is 4.39 Å². The molecule has 0 radical (unpaired) electrons. The lowest BCUT2D eigenvalue weighted by atomic mass is 10.0. The summed E-state index contributed by atoms with van der Waals surface area (Å²) in [5.41, 5.74) is 9.62. The van der Waals surface area contributed by atoms with E-state index in [1.807, 2.05) is 24.3 Å². The lowest BCUT2D eigenvalue weighted by Gasteiger charge is -2.13. The van der Waals surface area contributed by atoms with Crippen LogP contribution >= 0.6 is 0 Å². The van der Waals surface area contributed by atoms with Crippen LogP contribution < -0.4 is 11.1 Å². The molecule has 2 aromatic rings. The summed E-state index contributed by atoms with van der Waals surface area (Å²) in [6.07, 6.45) is 1.67. The van der Waals surface area contributed by atoms with Crippen LogP contribution in [0, 0.1) is 5.82 Å². The minimum atomic E-state index is -0.216. The van der Waals surface area contributed by atoms with E-state index in [9.17, 15) is 4.39 Å². The molecule has 0 fully saturated rings. The van der Waals surface area contributed by atoms with E-state index in [1.54, 1.807) is 12.1 Å². The minimum absolute atomic E-state index is 0.216. The Balaban J connectivity index is 2.27. The molecule has 0 amide bonds. The average molecular weight is 258 g/mol. The molecule has 2 nitrogen and oxygen atoms in total. The topological polar surface area (TPSA) is 38.0 Å². The van der Waals surface area contributed by atoms with E-state index in [0.29, 0.717) is 6.42 Å². The van der Waals surface area contributed by atoms with Gasteiger partial charge in [0.25, 0.3) is 0 Å². The van der Waals surface area contributed by atoms with Gasteiger partial charge in [-0.3, -0.25) is 0 Å². The number of nitrogen functional groups attached to an aromatic ring is 1. The lowest BCUT2D eigenvalue weighted by molar-refractivity contribution is 0.626.